The molecule has 4 aromatic heterocycles. The van der Waals surface area contributed by atoms with Crippen molar-refractivity contribution in [2.75, 3.05) is 33.7 Å². The summed E-state index contributed by atoms with van der Waals surface area (Å²) in [4.78, 5) is 37.3. The van der Waals surface area contributed by atoms with E-state index in [1.807, 2.05) is 49.5 Å². The highest BCUT2D eigenvalue weighted by Crippen LogP contribution is 2.30. The number of aromatic amines is 1. The van der Waals surface area contributed by atoms with E-state index in [4.69, 9.17) is 0 Å². The molecule has 1 aliphatic rings. The number of nitrogens with one attached hydrogen (secondary N) is 2. The Balaban J connectivity index is 1.25. The molecule has 192 valence electrons. The summed E-state index contributed by atoms with van der Waals surface area (Å²) < 4.78 is 1.61. The fraction of sp³-hybridized carbons (Fsp3) is 0.370. The SMILES string of the molecule is CN(C)C/C=C/C(=O)N1CCCC[C@@H]1C(=O)NCCc1cc2c(-c3cnn4ncccc34)ccnc2[nH]1. The number of pyridine rings is 1. The molecule has 37 heavy (non-hydrogen) atoms. The minimum atomic E-state index is -0.425. The van der Waals surface area contributed by atoms with E-state index in [1.165, 1.54) is 0 Å². The molecular formula is C27H32N8O2. The van der Waals surface area contributed by atoms with Crippen LogP contribution < -0.4 is 5.32 Å². The summed E-state index contributed by atoms with van der Waals surface area (Å²) in [5, 5.41) is 12.7. The van der Waals surface area contributed by atoms with E-state index in [-0.39, 0.29) is 11.8 Å². The number of piperidine rings is 1. The van der Waals surface area contributed by atoms with E-state index in [1.54, 1.807) is 28.0 Å². The number of nitrogens with zero attached hydrogens (tertiary/aromatic N) is 6. The van der Waals surface area contributed by atoms with Crippen molar-refractivity contribution >= 4 is 28.4 Å². The molecule has 0 bridgehead atoms. The van der Waals surface area contributed by atoms with Crippen LogP contribution in [0.25, 0.3) is 27.7 Å². The first-order valence-corrected chi connectivity index (χ1v) is 12.7. The number of carbonyl (C=O) groups excluding carboxylic acids is 2. The van der Waals surface area contributed by atoms with Crippen LogP contribution in [0.3, 0.4) is 0 Å². The second-order valence-electron chi connectivity index (χ2n) is 9.62. The predicted octanol–water partition coefficient (Wildman–Crippen LogP) is 2.43. The van der Waals surface area contributed by atoms with Crippen molar-refractivity contribution in [2.24, 2.45) is 0 Å². The third kappa shape index (κ3) is 5.39. The smallest absolute Gasteiger partial charge is 0.246 e. The third-order valence-electron chi connectivity index (χ3n) is 6.69. The Morgan fingerprint density at radius 2 is 2.08 bits per heavy atom. The third-order valence-corrected chi connectivity index (χ3v) is 6.69. The normalized spacial score (nSPS) is 16.3. The van der Waals surface area contributed by atoms with E-state index in [9.17, 15) is 9.59 Å². The van der Waals surface area contributed by atoms with Gasteiger partial charge >= 0.3 is 0 Å². The van der Waals surface area contributed by atoms with Gasteiger partial charge in [0.25, 0.3) is 0 Å². The number of fused-ring (bicyclic) bond motifs is 2. The molecule has 0 radical (unpaired) electrons. The molecule has 0 spiro atoms. The molecule has 5 heterocycles. The van der Waals surface area contributed by atoms with Crippen LogP contribution in [0, 0.1) is 0 Å². The molecule has 1 fully saturated rings. The summed E-state index contributed by atoms with van der Waals surface area (Å²) in [7, 11) is 3.90. The second-order valence-corrected chi connectivity index (χ2v) is 9.62. The van der Waals surface area contributed by atoms with Gasteiger partial charge in [-0.1, -0.05) is 6.08 Å². The second kappa shape index (κ2) is 10.9. The van der Waals surface area contributed by atoms with E-state index < -0.39 is 6.04 Å². The van der Waals surface area contributed by atoms with E-state index in [0.29, 0.717) is 32.5 Å². The number of carbonyl (C=O) groups is 2. The van der Waals surface area contributed by atoms with Crippen molar-refractivity contribution in [2.45, 2.75) is 31.7 Å². The van der Waals surface area contributed by atoms with Gasteiger partial charge in [-0.3, -0.25) is 9.59 Å². The highest BCUT2D eigenvalue weighted by atomic mass is 16.2. The fourth-order valence-electron chi connectivity index (χ4n) is 4.86. The highest BCUT2D eigenvalue weighted by Gasteiger charge is 2.30. The molecule has 0 saturated carbocycles. The van der Waals surface area contributed by atoms with Crippen molar-refractivity contribution in [3.63, 3.8) is 0 Å². The molecule has 5 rings (SSSR count). The lowest BCUT2D eigenvalue weighted by molar-refractivity contribution is -0.138. The Bertz CT molecular complexity index is 1440. The van der Waals surface area contributed by atoms with Gasteiger partial charge in [0.15, 0.2) is 0 Å². The van der Waals surface area contributed by atoms with Gasteiger partial charge < -0.3 is 20.1 Å². The van der Waals surface area contributed by atoms with Gasteiger partial charge in [0.1, 0.15) is 11.7 Å². The number of amides is 2. The van der Waals surface area contributed by atoms with Gasteiger partial charge in [0.05, 0.1) is 11.7 Å². The summed E-state index contributed by atoms with van der Waals surface area (Å²) in [5.74, 6) is -0.193. The standard InChI is InChI=1S/C27H32N8O2/c1-33(2)15-6-9-25(36)34-16-4-3-7-24(34)27(37)29-13-10-19-17-21-20(11-14-28-26(21)32-19)22-18-31-35-23(22)8-5-12-30-35/h5-6,8-9,11-12,14,17-18,24H,3-4,7,10,13,15-16H2,1-2H3,(H,28,32)(H,29,37)/b9-6+/t24-/m1/s1. The molecule has 1 saturated heterocycles. The van der Waals surface area contributed by atoms with E-state index >= 15 is 0 Å². The molecule has 10 nitrogen and oxygen atoms in total. The quantitative estimate of drug-likeness (QED) is 0.360. The van der Waals surface area contributed by atoms with Crippen molar-refractivity contribution in [1.29, 1.82) is 0 Å². The van der Waals surface area contributed by atoms with Crippen LogP contribution in [-0.2, 0) is 16.0 Å². The van der Waals surface area contributed by atoms with Crippen LogP contribution in [0.15, 0.2) is 55.0 Å². The zero-order valence-electron chi connectivity index (χ0n) is 21.2. The zero-order valence-corrected chi connectivity index (χ0v) is 21.2. The fourth-order valence-corrected chi connectivity index (χ4v) is 4.86. The molecule has 2 amide bonds. The predicted molar refractivity (Wildman–Crippen MR) is 142 cm³/mol. The molecule has 1 aliphatic heterocycles. The minimum Gasteiger partial charge on any atom is -0.354 e. The van der Waals surface area contributed by atoms with Crippen LogP contribution >= 0.6 is 0 Å². The first kappa shape index (κ1) is 24.6. The van der Waals surface area contributed by atoms with Crippen LogP contribution in [0.4, 0.5) is 0 Å². The summed E-state index contributed by atoms with van der Waals surface area (Å²) >= 11 is 0. The average Bonchev–Trinajstić information content (AvgIpc) is 3.52. The Hall–Kier alpha value is -4.05. The monoisotopic (exact) mass is 500 g/mol. The summed E-state index contributed by atoms with van der Waals surface area (Å²) in [6.07, 6.45) is 11.9. The maximum atomic E-state index is 13.0. The van der Waals surface area contributed by atoms with E-state index in [2.05, 4.69) is 31.5 Å². The van der Waals surface area contributed by atoms with E-state index in [0.717, 1.165) is 46.2 Å². The molecule has 0 aliphatic carbocycles. The maximum absolute atomic E-state index is 13.0. The van der Waals surface area contributed by atoms with Crippen LogP contribution in [0.5, 0.6) is 0 Å². The summed E-state index contributed by atoms with van der Waals surface area (Å²) in [5.41, 5.74) is 4.70. The van der Waals surface area contributed by atoms with Crippen LogP contribution in [0.2, 0.25) is 0 Å². The summed E-state index contributed by atoms with van der Waals surface area (Å²) in [6.45, 7) is 1.77. The molecule has 0 aromatic carbocycles. The Morgan fingerprint density at radius 3 is 2.95 bits per heavy atom. The number of H-pyrrole nitrogens is 1. The molecule has 4 aromatic rings. The number of likely N-dealkylation sites (tertiary alicyclic amines) is 1. The molecule has 2 N–H and O–H groups in total. The number of aromatic nitrogens is 5. The Morgan fingerprint density at radius 1 is 1.19 bits per heavy atom. The number of hydrogen-bond donors (Lipinski definition) is 2. The Labute approximate surface area is 215 Å². The highest BCUT2D eigenvalue weighted by molar-refractivity contribution is 5.97. The first-order valence-electron chi connectivity index (χ1n) is 12.7. The van der Waals surface area contributed by atoms with Gasteiger partial charge in [0.2, 0.25) is 11.8 Å². The van der Waals surface area contributed by atoms with Gasteiger partial charge in [-0.05, 0) is 63.2 Å². The van der Waals surface area contributed by atoms with Gasteiger partial charge in [0, 0.05) is 61.2 Å². The largest absolute Gasteiger partial charge is 0.354 e. The van der Waals surface area contributed by atoms with Gasteiger partial charge in [-0.15, -0.1) is 0 Å². The number of likely N-dealkylation sites (N-methyl/N-ethyl adjacent to an activating group) is 1. The molecule has 10 heteroatoms. The average molecular weight is 501 g/mol. The topological polar surface area (TPSA) is 112 Å². The van der Waals surface area contributed by atoms with Crippen molar-refractivity contribution in [3.05, 3.63) is 60.7 Å². The molecular weight excluding hydrogens is 468 g/mol. The van der Waals surface area contributed by atoms with Crippen LogP contribution in [-0.4, -0.2) is 86.2 Å². The molecule has 0 unspecified atom stereocenters. The lowest BCUT2D eigenvalue weighted by Crippen LogP contribution is -2.51. The van der Waals surface area contributed by atoms with Crippen molar-refractivity contribution in [1.82, 2.24) is 39.9 Å². The van der Waals surface area contributed by atoms with Crippen LogP contribution in [0.1, 0.15) is 25.0 Å². The van der Waals surface area contributed by atoms with Gasteiger partial charge in [-0.25, -0.2) is 4.98 Å². The van der Waals surface area contributed by atoms with Crippen molar-refractivity contribution in [3.8, 4) is 11.1 Å². The number of rotatable bonds is 8. The molecule has 1 atom stereocenters. The summed E-state index contributed by atoms with van der Waals surface area (Å²) in [6, 6.07) is 7.52. The lowest BCUT2D eigenvalue weighted by atomic mass is 10.0. The maximum Gasteiger partial charge on any atom is 0.246 e. The number of hydrogen-bond acceptors (Lipinski definition) is 6. The van der Waals surface area contributed by atoms with Gasteiger partial charge in [-0.2, -0.15) is 14.8 Å². The van der Waals surface area contributed by atoms with Crippen molar-refractivity contribution < 1.29 is 9.59 Å². The lowest BCUT2D eigenvalue weighted by Gasteiger charge is -2.34. The Kier molecular flexibility index (Phi) is 7.27. The zero-order chi connectivity index (χ0) is 25.8. The first-order chi connectivity index (χ1) is 18.0. The minimum absolute atomic E-state index is 0.0946.